The second kappa shape index (κ2) is 8.72. The van der Waals surface area contributed by atoms with Gasteiger partial charge in [-0.25, -0.2) is 22.3 Å². The smallest absolute Gasteiger partial charge is 0.396 e. The number of anilines is 1. The predicted octanol–water partition coefficient (Wildman–Crippen LogP) is 0.396. The Bertz CT molecular complexity index is 1290. The summed E-state index contributed by atoms with van der Waals surface area (Å²) in [6, 6.07) is 3.37. The average molecular weight is 495 g/mol. The number of nitrogens with one attached hydrogen (secondary N) is 2. The maximum absolute atomic E-state index is 13.6. The number of halogens is 1. The van der Waals surface area contributed by atoms with E-state index in [1.54, 1.807) is 6.92 Å². The minimum absolute atomic E-state index is 0.00884. The second-order valence-corrected chi connectivity index (χ2v) is 9.88. The molecule has 1 saturated heterocycles. The first-order chi connectivity index (χ1) is 16.0. The number of sulfonamides is 1. The Morgan fingerprint density at radius 1 is 1.26 bits per heavy atom. The van der Waals surface area contributed by atoms with Crippen LogP contribution in [0.3, 0.4) is 0 Å². The SMILES string of the molecule is COC(=O)C(=O)N1C[C@H]2COc3c(cn(C)c3C(=O)Nc3ccc(F)c(C)c3)S(=O)(=O)N[C@H]2C1. The molecule has 1 aromatic carbocycles. The number of carbonyl (C=O) groups is 3. The van der Waals surface area contributed by atoms with E-state index in [0.717, 1.165) is 7.11 Å². The van der Waals surface area contributed by atoms with Gasteiger partial charge in [0.2, 0.25) is 10.0 Å². The van der Waals surface area contributed by atoms with Crippen LogP contribution in [0.5, 0.6) is 5.75 Å². The molecule has 3 heterocycles. The molecule has 2 amide bonds. The van der Waals surface area contributed by atoms with Gasteiger partial charge in [-0.2, -0.15) is 0 Å². The first-order valence-electron chi connectivity index (χ1n) is 10.3. The van der Waals surface area contributed by atoms with Gasteiger partial charge in [0, 0.05) is 44.0 Å². The Kier molecular flexibility index (Phi) is 6.08. The summed E-state index contributed by atoms with van der Waals surface area (Å²) in [6.45, 7) is 1.59. The van der Waals surface area contributed by atoms with Crippen molar-refractivity contribution >= 4 is 33.5 Å². The van der Waals surface area contributed by atoms with Crippen LogP contribution >= 0.6 is 0 Å². The summed E-state index contributed by atoms with van der Waals surface area (Å²) in [7, 11) is -1.54. The number of benzene rings is 1. The number of fused-ring (bicyclic) bond motifs is 2. The van der Waals surface area contributed by atoms with Gasteiger partial charge in [-0.1, -0.05) is 0 Å². The van der Waals surface area contributed by atoms with Crippen LogP contribution in [-0.4, -0.2) is 68.5 Å². The van der Waals surface area contributed by atoms with E-state index in [4.69, 9.17) is 4.74 Å². The molecule has 0 bridgehead atoms. The zero-order valence-corrected chi connectivity index (χ0v) is 19.4. The number of hydrogen-bond acceptors (Lipinski definition) is 7. The van der Waals surface area contributed by atoms with Crippen molar-refractivity contribution in [3.05, 3.63) is 41.5 Å². The summed E-state index contributed by atoms with van der Waals surface area (Å²) in [6.07, 6.45) is 1.26. The fourth-order valence-corrected chi connectivity index (χ4v) is 5.58. The molecule has 0 unspecified atom stereocenters. The summed E-state index contributed by atoms with van der Waals surface area (Å²) in [5, 5.41) is 2.63. The summed E-state index contributed by atoms with van der Waals surface area (Å²) in [5.41, 5.74) is 0.626. The number of hydrogen-bond donors (Lipinski definition) is 2. The highest BCUT2D eigenvalue weighted by Crippen LogP contribution is 2.34. The minimum atomic E-state index is -4.13. The molecule has 1 aromatic heterocycles. The lowest BCUT2D eigenvalue weighted by Crippen LogP contribution is -2.44. The molecule has 2 N–H and O–H groups in total. The monoisotopic (exact) mass is 494 g/mol. The Balaban J connectivity index is 1.62. The molecule has 2 atom stereocenters. The zero-order valence-electron chi connectivity index (χ0n) is 18.6. The van der Waals surface area contributed by atoms with E-state index >= 15 is 0 Å². The van der Waals surface area contributed by atoms with Gasteiger partial charge < -0.3 is 24.3 Å². The van der Waals surface area contributed by atoms with Gasteiger partial charge in [0.25, 0.3) is 5.91 Å². The third-order valence-electron chi connectivity index (χ3n) is 5.86. The molecule has 0 aliphatic carbocycles. The average Bonchev–Trinajstić information content (AvgIpc) is 3.33. The molecule has 4 rings (SSSR count). The number of nitrogens with zero attached hydrogens (tertiary/aromatic N) is 2. The quantitative estimate of drug-likeness (QED) is 0.456. The highest BCUT2D eigenvalue weighted by atomic mass is 32.2. The molecule has 11 nitrogen and oxygen atoms in total. The third-order valence-corrected chi connectivity index (χ3v) is 7.34. The van der Waals surface area contributed by atoms with Crippen LogP contribution in [-0.2, 0) is 31.4 Å². The van der Waals surface area contributed by atoms with Gasteiger partial charge in [0.1, 0.15) is 10.7 Å². The van der Waals surface area contributed by atoms with Crippen LogP contribution in [0.1, 0.15) is 16.1 Å². The van der Waals surface area contributed by atoms with Crippen LogP contribution in [0.25, 0.3) is 0 Å². The van der Waals surface area contributed by atoms with Crippen LogP contribution < -0.4 is 14.8 Å². The molecule has 0 radical (unpaired) electrons. The summed E-state index contributed by atoms with van der Waals surface area (Å²) in [5.74, 6) is -3.59. The van der Waals surface area contributed by atoms with Crippen LogP contribution in [0, 0.1) is 18.7 Å². The highest BCUT2D eigenvalue weighted by Gasteiger charge is 2.43. The van der Waals surface area contributed by atoms with Crippen molar-refractivity contribution in [3.8, 4) is 5.75 Å². The molecule has 0 spiro atoms. The molecule has 182 valence electrons. The van der Waals surface area contributed by atoms with Crippen LogP contribution in [0.15, 0.2) is 29.3 Å². The fourth-order valence-electron chi connectivity index (χ4n) is 4.09. The summed E-state index contributed by atoms with van der Waals surface area (Å²) < 4.78 is 54.0. The molecule has 13 heteroatoms. The number of aromatic nitrogens is 1. The van der Waals surface area contributed by atoms with Crippen molar-refractivity contribution in [2.75, 3.05) is 32.1 Å². The van der Waals surface area contributed by atoms with Crippen molar-refractivity contribution in [3.63, 3.8) is 0 Å². The molecule has 2 aliphatic rings. The van der Waals surface area contributed by atoms with Crippen molar-refractivity contribution in [1.82, 2.24) is 14.2 Å². The highest BCUT2D eigenvalue weighted by molar-refractivity contribution is 7.89. The van der Waals surface area contributed by atoms with E-state index in [1.165, 1.54) is 40.9 Å². The third kappa shape index (κ3) is 4.23. The summed E-state index contributed by atoms with van der Waals surface area (Å²) in [4.78, 5) is 37.8. The predicted molar refractivity (Wildman–Crippen MR) is 116 cm³/mol. The fraction of sp³-hybridized carbons (Fsp3) is 0.381. The Morgan fingerprint density at radius 3 is 2.68 bits per heavy atom. The first kappa shape index (κ1) is 23.7. The maximum Gasteiger partial charge on any atom is 0.396 e. The lowest BCUT2D eigenvalue weighted by Gasteiger charge is -2.23. The standard InChI is InChI=1S/C21H23FN4O7S/c1-11-6-13(4-5-14(11)22)23-19(27)17-18-16(9-25(17)2)34(30,31)24-15-8-26(7-12(15)10-33-18)20(28)21(29)32-3/h4-6,9,12,15,24H,7-8,10H2,1-3H3,(H,23,27)/t12-,15-/m0/s1. The van der Waals surface area contributed by atoms with Crippen LogP contribution in [0.2, 0.25) is 0 Å². The lowest BCUT2D eigenvalue weighted by molar-refractivity contribution is -0.157. The van der Waals surface area contributed by atoms with E-state index < -0.39 is 45.6 Å². The summed E-state index contributed by atoms with van der Waals surface area (Å²) >= 11 is 0. The van der Waals surface area contributed by atoms with Gasteiger partial charge in [-0.15, -0.1) is 0 Å². The van der Waals surface area contributed by atoms with E-state index in [2.05, 4.69) is 14.8 Å². The number of amides is 2. The topological polar surface area (TPSA) is 136 Å². The van der Waals surface area contributed by atoms with E-state index in [9.17, 15) is 27.2 Å². The van der Waals surface area contributed by atoms with Gasteiger partial charge in [-0.05, 0) is 30.7 Å². The number of aryl methyl sites for hydroxylation is 2. The number of ether oxygens (including phenoxy) is 2. The molecular formula is C21H23FN4O7S. The number of rotatable bonds is 2. The molecular weight excluding hydrogens is 471 g/mol. The second-order valence-electron chi connectivity index (χ2n) is 8.20. The molecule has 34 heavy (non-hydrogen) atoms. The Hall–Kier alpha value is -3.45. The number of esters is 1. The lowest BCUT2D eigenvalue weighted by atomic mass is 10.1. The number of methoxy groups -OCH3 is 1. The number of likely N-dealkylation sites (tertiary alicyclic amines) is 1. The van der Waals surface area contributed by atoms with Crippen LogP contribution in [0.4, 0.5) is 10.1 Å². The van der Waals surface area contributed by atoms with E-state index in [-0.39, 0.29) is 36.0 Å². The van der Waals surface area contributed by atoms with Gasteiger partial charge in [0.05, 0.1) is 13.7 Å². The minimum Gasteiger partial charge on any atom is -0.489 e. The van der Waals surface area contributed by atoms with Gasteiger partial charge in [-0.3, -0.25) is 9.59 Å². The van der Waals surface area contributed by atoms with E-state index in [1.807, 2.05) is 0 Å². The number of carbonyl (C=O) groups excluding carboxylic acids is 3. The molecule has 0 saturated carbocycles. The molecule has 2 aliphatic heterocycles. The van der Waals surface area contributed by atoms with Crippen molar-refractivity contribution in [2.45, 2.75) is 17.9 Å². The van der Waals surface area contributed by atoms with Crippen molar-refractivity contribution in [2.24, 2.45) is 13.0 Å². The van der Waals surface area contributed by atoms with Crippen molar-refractivity contribution in [1.29, 1.82) is 0 Å². The molecule has 2 aromatic rings. The zero-order chi connectivity index (χ0) is 24.8. The Morgan fingerprint density at radius 2 is 2.00 bits per heavy atom. The maximum atomic E-state index is 13.6. The van der Waals surface area contributed by atoms with Crippen molar-refractivity contribution < 1.29 is 36.7 Å². The largest absolute Gasteiger partial charge is 0.489 e. The first-order valence-corrected chi connectivity index (χ1v) is 11.8. The normalized spacial score (nSPS) is 20.9. The van der Waals surface area contributed by atoms with E-state index in [0.29, 0.717) is 11.3 Å². The Labute approximate surface area is 194 Å². The molecule has 1 fully saturated rings. The van der Waals surface area contributed by atoms with Gasteiger partial charge >= 0.3 is 11.9 Å². The van der Waals surface area contributed by atoms with Gasteiger partial charge in [0.15, 0.2) is 11.4 Å².